The number of anilines is 2. The standard InChI is InChI=1S/C19H17ClN4OS/c20-14-11-13(5-6-18(14)24-7-9-26-10-8-24)22-19(25)17-12-21-15-3-1-2-4-16(15)23-17/h1-6,11-12H,7-10H2,(H,22,25). The average Bonchev–Trinajstić information content (AvgIpc) is 2.68. The smallest absolute Gasteiger partial charge is 0.275 e. The number of carbonyl (C=O) groups is 1. The normalized spacial score (nSPS) is 14.4. The van der Waals surface area contributed by atoms with E-state index in [1.54, 1.807) is 6.07 Å². The lowest BCUT2D eigenvalue weighted by molar-refractivity contribution is 0.102. The molecule has 1 aliphatic rings. The molecule has 7 heteroatoms. The number of hydrogen-bond acceptors (Lipinski definition) is 5. The lowest BCUT2D eigenvalue weighted by atomic mass is 10.2. The molecule has 1 aliphatic heterocycles. The number of nitrogens with one attached hydrogen (secondary N) is 1. The summed E-state index contributed by atoms with van der Waals surface area (Å²) in [5.74, 6) is 1.91. The number of rotatable bonds is 3. The van der Waals surface area contributed by atoms with Gasteiger partial charge >= 0.3 is 0 Å². The van der Waals surface area contributed by atoms with Crippen molar-refractivity contribution in [3.05, 3.63) is 59.4 Å². The molecule has 1 fully saturated rings. The number of benzene rings is 2. The number of hydrogen-bond donors (Lipinski definition) is 1. The van der Waals surface area contributed by atoms with E-state index in [4.69, 9.17) is 11.6 Å². The van der Waals surface area contributed by atoms with Crippen LogP contribution in [0.1, 0.15) is 10.5 Å². The molecule has 0 aliphatic carbocycles. The van der Waals surface area contributed by atoms with Crippen molar-refractivity contribution in [3.63, 3.8) is 0 Å². The number of fused-ring (bicyclic) bond motifs is 1. The summed E-state index contributed by atoms with van der Waals surface area (Å²) in [5.41, 5.74) is 3.38. The lowest BCUT2D eigenvalue weighted by Gasteiger charge is -2.29. The molecule has 0 saturated carbocycles. The van der Waals surface area contributed by atoms with E-state index in [9.17, 15) is 4.79 Å². The first-order chi connectivity index (χ1) is 12.7. The number of carbonyl (C=O) groups excluding carboxylic acids is 1. The number of para-hydroxylation sites is 2. The predicted octanol–water partition coefficient (Wildman–Crippen LogP) is 4.09. The third-order valence-electron chi connectivity index (χ3n) is 4.24. The van der Waals surface area contributed by atoms with Crippen LogP contribution in [0.3, 0.4) is 0 Å². The van der Waals surface area contributed by atoms with Gasteiger partial charge in [0.25, 0.3) is 5.91 Å². The summed E-state index contributed by atoms with van der Waals surface area (Å²) in [6, 6.07) is 13.1. The van der Waals surface area contributed by atoms with Gasteiger partial charge in [0.1, 0.15) is 5.69 Å². The van der Waals surface area contributed by atoms with Crippen molar-refractivity contribution >= 4 is 51.7 Å². The number of halogens is 1. The van der Waals surface area contributed by atoms with Crippen LogP contribution in [0.5, 0.6) is 0 Å². The third kappa shape index (κ3) is 3.61. The van der Waals surface area contributed by atoms with Gasteiger partial charge in [-0.05, 0) is 30.3 Å². The highest BCUT2D eigenvalue weighted by atomic mass is 35.5. The van der Waals surface area contributed by atoms with Crippen molar-refractivity contribution < 1.29 is 4.79 Å². The Kier molecular flexibility index (Phi) is 4.95. The molecule has 132 valence electrons. The summed E-state index contributed by atoms with van der Waals surface area (Å²) in [6.07, 6.45) is 1.49. The Morgan fingerprint density at radius 2 is 1.88 bits per heavy atom. The molecular weight excluding hydrogens is 368 g/mol. The zero-order chi connectivity index (χ0) is 17.9. The summed E-state index contributed by atoms with van der Waals surface area (Å²) in [7, 11) is 0. The molecule has 0 atom stereocenters. The van der Waals surface area contributed by atoms with E-state index in [-0.39, 0.29) is 11.6 Å². The van der Waals surface area contributed by atoms with E-state index in [1.807, 2.05) is 48.2 Å². The molecule has 0 bridgehead atoms. The van der Waals surface area contributed by atoms with Crippen LogP contribution >= 0.6 is 23.4 Å². The van der Waals surface area contributed by atoms with Crippen molar-refractivity contribution in [2.45, 2.75) is 0 Å². The Morgan fingerprint density at radius 3 is 2.65 bits per heavy atom. The Morgan fingerprint density at radius 1 is 1.12 bits per heavy atom. The fourth-order valence-corrected chi connectivity index (χ4v) is 4.11. The molecular formula is C19H17ClN4OS. The van der Waals surface area contributed by atoms with Gasteiger partial charge in [0.05, 0.1) is 27.9 Å². The van der Waals surface area contributed by atoms with Gasteiger partial charge in [0.15, 0.2) is 0 Å². The van der Waals surface area contributed by atoms with Gasteiger partial charge in [-0.2, -0.15) is 11.8 Å². The van der Waals surface area contributed by atoms with Gasteiger partial charge in [-0.15, -0.1) is 0 Å². The van der Waals surface area contributed by atoms with E-state index < -0.39 is 0 Å². The largest absolute Gasteiger partial charge is 0.369 e. The van der Waals surface area contributed by atoms with Crippen LogP contribution in [0.15, 0.2) is 48.7 Å². The van der Waals surface area contributed by atoms with Crippen LogP contribution in [0.25, 0.3) is 11.0 Å². The third-order valence-corrected chi connectivity index (χ3v) is 5.48. The van der Waals surface area contributed by atoms with E-state index in [1.165, 1.54) is 6.20 Å². The zero-order valence-corrected chi connectivity index (χ0v) is 15.6. The van der Waals surface area contributed by atoms with Crippen molar-refractivity contribution in [2.24, 2.45) is 0 Å². The first kappa shape index (κ1) is 17.1. The van der Waals surface area contributed by atoms with E-state index in [0.29, 0.717) is 16.2 Å². The molecule has 1 N–H and O–H groups in total. The second-order valence-electron chi connectivity index (χ2n) is 5.96. The first-order valence-electron chi connectivity index (χ1n) is 8.36. The van der Waals surface area contributed by atoms with Gasteiger partial charge in [-0.1, -0.05) is 23.7 Å². The van der Waals surface area contributed by atoms with Crippen LogP contribution < -0.4 is 10.2 Å². The van der Waals surface area contributed by atoms with E-state index >= 15 is 0 Å². The van der Waals surface area contributed by atoms with Crippen molar-refractivity contribution in [2.75, 3.05) is 34.8 Å². The lowest BCUT2D eigenvalue weighted by Crippen LogP contribution is -2.32. The number of nitrogens with zero attached hydrogens (tertiary/aromatic N) is 3. The molecule has 3 aromatic rings. The highest BCUT2D eigenvalue weighted by molar-refractivity contribution is 7.99. The number of aromatic nitrogens is 2. The molecule has 2 aromatic carbocycles. The Hall–Kier alpha value is -2.31. The Balaban J connectivity index is 1.52. The number of thioether (sulfide) groups is 1. The first-order valence-corrected chi connectivity index (χ1v) is 9.89. The quantitative estimate of drug-likeness (QED) is 0.737. The van der Waals surface area contributed by atoms with Crippen molar-refractivity contribution in [1.29, 1.82) is 0 Å². The summed E-state index contributed by atoms with van der Waals surface area (Å²) in [6.45, 7) is 1.98. The van der Waals surface area contributed by atoms with Crippen LogP contribution in [-0.2, 0) is 0 Å². The molecule has 0 radical (unpaired) electrons. The highest BCUT2D eigenvalue weighted by Crippen LogP contribution is 2.30. The predicted molar refractivity (Wildman–Crippen MR) is 108 cm³/mol. The molecule has 0 unspecified atom stereocenters. The minimum Gasteiger partial charge on any atom is -0.369 e. The molecule has 5 nitrogen and oxygen atoms in total. The van der Waals surface area contributed by atoms with Crippen molar-refractivity contribution in [1.82, 2.24) is 9.97 Å². The van der Waals surface area contributed by atoms with Gasteiger partial charge in [0, 0.05) is 30.3 Å². The van der Waals surface area contributed by atoms with Crippen LogP contribution in [0.4, 0.5) is 11.4 Å². The molecule has 4 rings (SSSR count). The van der Waals surface area contributed by atoms with Crippen molar-refractivity contribution in [3.8, 4) is 0 Å². The maximum atomic E-state index is 12.5. The molecule has 1 amide bonds. The van der Waals surface area contributed by atoms with Gasteiger partial charge < -0.3 is 10.2 Å². The summed E-state index contributed by atoms with van der Waals surface area (Å²) < 4.78 is 0. The summed E-state index contributed by atoms with van der Waals surface area (Å²) in [5, 5.41) is 3.48. The fourth-order valence-electron chi connectivity index (χ4n) is 2.91. The summed E-state index contributed by atoms with van der Waals surface area (Å²) >= 11 is 8.40. The Bertz CT molecular complexity index is 959. The average molecular weight is 385 g/mol. The monoisotopic (exact) mass is 384 g/mol. The van der Waals surface area contributed by atoms with Gasteiger partial charge in [-0.25, -0.2) is 4.98 Å². The zero-order valence-electron chi connectivity index (χ0n) is 14.0. The van der Waals surface area contributed by atoms with Gasteiger partial charge in [-0.3, -0.25) is 9.78 Å². The molecule has 2 heterocycles. The maximum absolute atomic E-state index is 12.5. The molecule has 1 aromatic heterocycles. The number of amides is 1. The van der Waals surface area contributed by atoms with Crippen LogP contribution in [0, 0.1) is 0 Å². The SMILES string of the molecule is O=C(Nc1ccc(N2CCSCC2)c(Cl)c1)c1cnc2ccccc2n1. The highest BCUT2D eigenvalue weighted by Gasteiger charge is 2.15. The summed E-state index contributed by atoms with van der Waals surface area (Å²) in [4.78, 5) is 23.4. The molecule has 1 saturated heterocycles. The minimum atomic E-state index is -0.304. The van der Waals surface area contributed by atoms with E-state index in [2.05, 4.69) is 20.2 Å². The minimum absolute atomic E-state index is 0.275. The van der Waals surface area contributed by atoms with Gasteiger partial charge in [0.2, 0.25) is 0 Å². The molecule has 26 heavy (non-hydrogen) atoms. The maximum Gasteiger partial charge on any atom is 0.275 e. The van der Waals surface area contributed by atoms with E-state index in [0.717, 1.165) is 35.8 Å². The topological polar surface area (TPSA) is 58.1 Å². The second-order valence-corrected chi connectivity index (χ2v) is 7.60. The fraction of sp³-hybridized carbons (Fsp3) is 0.211. The second kappa shape index (κ2) is 7.51. The molecule has 0 spiro atoms. The Labute approximate surface area is 160 Å². The van der Waals surface area contributed by atoms with Crippen LogP contribution in [-0.4, -0.2) is 40.5 Å². The van der Waals surface area contributed by atoms with Crippen LogP contribution in [0.2, 0.25) is 5.02 Å².